The van der Waals surface area contributed by atoms with Gasteiger partial charge in [-0.25, -0.2) is 8.78 Å². The van der Waals surface area contributed by atoms with Gasteiger partial charge in [-0.1, -0.05) is 28.1 Å². The van der Waals surface area contributed by atoms with E-state index in [1.165, 1.54) is 0 Å². The molecule has 5 heteroatoms. The molecule has 0 aliphatic rings. The van der Waals surface area contributed by atoms with Gasteiger partial charge in [0.1, 0.15) is 18.2 Å². The second-order valence-corrected chi connectivity index (χ2v) is 5.08. The molecule has 0 saturated carbocycles. The molecule has 0 saturated heterocycles. The Bertz CT molecular complexity index is 612. The van der Waals surface area contributed by atoms with Crippen molar-refractivity contribution in [1.82, 2.24) is 0 Å². The minimum absolute atomic E-state index is 0.232. The third-order valence-electron chi connectivity index (χ3n) is 2.64. The first kappa shape index (κ1) is 14.8. The lowest BCUT2D eigenvalue weighted by Crippen LogP contribution is -2.11. The van der Waals surface area contributed by atoms with E-state index in [-0.39, 0.29) is 18.8 Å². The van der Waals surface area contributed by atoms with Gasteiger partial charge in [-0.3, -0.25) is 4.79 Å². The summed E-state index contributed by atoms with van der Waals surface area (Å²) in [6.45, 7) is -0.0631. The summed E-state index contributed by atoms with van der Waals surface area (Å²) in [6.07, 6.45) is 0. The number of halogens is 3. The number of ether oxygens (including phenoxy) is 1. The number of carbonyl (C=O) groups excluding carboxylic acids is 1. The highest BCUT2D eigenvalue weighted by Gasteiger charge is 2.12. The fraction of sp³-hybridized carbons (Fsp3) is 0.133. The molecule has 0 aliphatic heterocycles. The van der Waals surface area contributed by atoms with Crippen LogP contribution < -0.4 is 0 Å². The molecule has 0 N–H and O–H groups in total. The van der Waals surface area contributed by atoms with Gasteiger partial charge in [-0.05, 0) is 35.9 Å². The van der Waals surface area contributed by atoms with Gasteiger partial charge in [0.25, 0.3) is 0 Å². The van der Waals surface area contributed by atoms with Crippen LogP contribution in [0.2, 0.25) is 0 Å². The first-order valence-corrected chi connectivity index (χ1v) is 6.66. The molecule has 20 heavy (non-hydrogen) atoms. The molecule has 0 fully saturated rings. The Morgan fingerprint density at radius 1 is 1.10 bits per heavy atom. The van der Waals surface area contributed by atoms with E-state index < -0.39 is 17.4 Å². The number of rotatable bonds is 5. The molecule has 0 amide bonds. The van der Waals surface area contributed by atoms with Gasteiger partial charge in [-0.2, -0.15) is 0 Å². The van der Waals surface area contributed by atoms with Crippen LogP contribution in [0.25, 0.3) is 0 Å². The number of carbonyl (C=O) groups is 1. The predicted octanol–water partition coefficient (Wildman–Crippen LogP) is 4.13. The van der Waals surface area contributed by atoms with Crippen molar-refractivity contribution in [2.75, 3.05) is 6.61 Å². The Hall–Kier alpha value is -1.59. The highest BCUT2D eigenvalue weighted by atomic mass is 79.9. The average molecular weight is 341 g/mol. The van der Waals surface area contributed by atoms with Crippen LogP contribution in [0.1, 0.15) is 15.9 Å². The maximum Gasteiger partial charge on any atom is 0.191 e. The van der Waals surface area contributed by atoms with Crippen molar-refractivity contribution in [2.45, 2.75) is 6.61 Å². The zero-order valence-electron chi connectivity index (χ0n) is 10.4. The van der Waals surface area contributed by atoms with Crippen LogP contribution in [0.5, 0.6) is 0 Å². The van der Waals surface area contributed by atoms with Crippen molar-refractivity contribution in [3.63, 3.8) is 0 Å². The molecule has 2 aromatic carbocycles. The van der Waals surface area contributed by atoms with E-state index in [2.05, 4.69) is 15.9 Å². The van der Waals surface area contributed by atoms with E-state index in [1.54, 1.807) is 0 Å². The van der Waals surface area contributed by atoms with E-state index in [9.17, 15) is 13.6 Å². The quantitative estimate of drug-likeness (QED) is 0.765. The van der Waals surface area contributed by atoms with Crippen LogP contribution in [-0.2, 0) is 11.3 Å². The Labute approximate surface area is 123 Å². The van der Waals surface area contributed by atoms with Gasteiger partial charge in [-0.15, -0.1) is 0 Å². The Balaban J connectivity index is 1.92. The predicted molar refractivity (Wildman–Crippen MR) is 74.5 cm³/mol. The summed E-state index contributed by atoms with van der Waals surface area (Å²) in [5.74, 6) is -1.98. The Kier molecular flexibility index (Phi) is 4.98. The van der Waals surface area contributed by atoms with Gasteiger partial charge < -0.3 is 4.74 Å². The van der Waals surface area contributed by atoms with Gasteiger partial charge >= 0.3 is 0 Å². The highest BCUT2D eigenvalue weighted by Crippen LogP contribution is 2.13. The zero-order chi connectivity index (χ0) is 14.5. The van der Waals surface area contributed by atoms with Crippen molar-refractivity contribution < 1.29 is 18.3 Å². The lowest BCUT2D eigenvalue weighted by molar-refractivity contribution is 0.0722. The van der Waals surface area contributed by atoms with Crippen molar-refractivity contribution in [3.05, 3.63) is 69.7 Å². The zero-order valence-corrected chi connectivity index (χ0v) is 12.0. The van der Waals surface area contributed by atoms with Crippen molar-refractivity contribution in [1.29, 1.82) is 0 Å². The lowest BCUT2D eigenvalue weighted by atomic mass is 10.1. The standard InChI is InChI=1S/C15H11BrF2O2/c16-11-3-1-10(2-4-11)8-20-9-15(19)13-7-12(17)5-6-14(13)18/h1-7H,8-9H2. The first-order chi connectivity index (χ1) is 9.56. The van der Waals surface area contributed by atoms with Crippen LogP contribution in [0.4, 0.5) is 8.78 Å². The van der Waals surface area contributed by atoms with E-state index in [4.69, 9.17) is 4.74 Å². The number of ketones is 1. The van der Waals surface area contributed by atoms with Crippen LogP contribution in [0, 0.1) is 11.6 Å². The largest absolute Gasteiger partial charge is 0.369 e. The second-order valence-electron chi connectivity index (χ2n) is 4.17. The van der Waals surface area contributed by atoms with E-state index in [0.29, 0.717) is 0 Å². The van der Waals surface area contributed by atoms with E-state index in [0.717, 1.165) is 28.2 Å². The molecule has 0 atom stereocenters. The monoisotopic (exact) mass is 340 g/mol. The maximum atomic E-state index is 13.4. The number of hydrogen-bond donors (Lipinski definition) is 0. The number of hydrogen-bond acceptors (Lipinski definition) is 2. The van der Waals surface area contributed by atoms with Gasteiger partial charge in [0.2, 0.25) is 0 Å². The summed E-state index contributed by atoms with van der Waals surface area (Å²) in [6, 6.07) is 10.2. The Morgan fingerprint density at radius 3 is 2.50 bits per heavy atom. The van der Waals surface area contributed by atoms with Crippen molar-refractivity contribution >= 4 is 21.7 Å². The summed E-state index contributed by atoms with van der Waals surface area (Å²) in [4.78, 5) is 11.7. The molecule has 104 valence electrons. The minimum Gasteiger partial charge on any atom is -0.369 e. The topological polar surface area (TPSA) is 26.3 Å². The Morgan fingerprint density at radius 2 is 1.80 bits per heavy atom. The van der Waals surface area contributed by atoms with Crippen LogP contribution in [-0.4, -0.2) is 12.4 Å². The highest BCUT2D eigenvalue weighted by molar-refractivity contribution is 9.10. The molecule has 0 radical (unpaired) electrons. The molecule has 0 bridgehead atoms. The summed E-state index contributed by atoms with van der Waals surface area (Å²) in [5.41, 5.74) is 0.599. The van der Waals surface area contributed by atoms with E-state index in [1.807, 2.05) is 24.3 Å². The maximum absolute atomic E-state index is 13.4. The lowest BCUT2D eigenvalue weighted by Gasteiger charge is -2.05. The molecule has 0 aromatic heterocycles. The SMILES string of the molecule is O=C(COCc1ccc(Br)cc1)c1cc(F)ccc1F. The summed E-state index contributed by atoms with van der Waals surface area (Å²) in [7, 11) is 0. The minimum atomic E-state index is -0.747. The van der Waals surface area contributed by atoms with Crippen LogP contribution >= 0.6 is 15.9 Å². The first-order valence-electron chi connectivity index (χ1n) is 5.86. The summed E-state index contributed by atoms with van der Waals surface area (Å²) < 4.78 is 32.5. The van der Waals surface area contributed by atoms with Gasteiger partial charge in [0, 0.05) is 4.47 Å². The summed E-state index contributed by atoms with van der Waals surface area (Å²) in [5, 5.41) is 0. The smallest absolute Gasteiger partial charge is 0.191 e. The molecule has 2 rings (SSSR count). The summed E-state index contributed by atoms with van der Waals surface area (Å²) >= 11 is 3.31. The van der Waals surface area contributed by atoms with Crippen LogP contribution in [0.15, 0.2) is 46.9 Å². The molecular weight excluding hydrogens is 330 g/mol. The fourth-order valence-corrected chi connectivity index (χ4v) is 1.90. The molecule has 0 unspecified atom stereocenters. The molecular formula is C15H11BrF2O2. The average Bonchev–Trinajstić information content (AvgIpc) is 2.43. The van der Waals surface area contributed by atoms with Gasteiger partial charge in [0.05, 0.1) is 12.2 Å². The fourth-order valence-electron chi connectivity index (χ4n) is 1.63. The molecule has 0 heterocycles. The van der Waals surface area contributed by atoms with Crippen molar-refractivity contribution in [3.8, 4) is 0 Å². The number of Topliss-reactive ketones (excluding diaryl/α,β-unsaturated/α-hetero) is 1. The molecule has 0 spiro atoms. The van der Waals surface area contributed by atoms with E-state index >= 15 is 0 Å². The van der Waals surface area contributed by atoms with Crippen molar-refractivity contribution in [2.24, 2.45) is 0 Å². The second kappa shape index (κ2) is 6.72. The normalized spacial score (nSPS) is 10.6. The third-order valence-corrected chi connectivity index (χ3v) is 3.17. The molecule has 2 aromatic rings. The molecule has 2 nitrogen and oxygen atoms in total. The molecule has 0 aliphatic carbocycles. The van der Waals surface area contributed by atoms with Crippen LogP contribution in [0.3, 0.4) is 0 Å². The van der Waals surface area contributed by atoms with Gasteiger partial charge in [0.15, 0.2) is 5.78 Å². The third kappa shape index (κ3) is 3.95. The number of benzene rings is 2.